The molecule has 0 bridgehead atoms. The molecule has 0 saturated heterocycles. The van der Waals surface area contributed by atoms with Crippen molar-refractivity contribution < 1.29 is 4.79 Å². The summed E-state index contributed by atoms with van der Waals surface area (Å²) < 4.78 is 2.57. The summed E-state index contributed by atoms with van der Waals surface area (Å²) in [6.07, 6.45) is 4.84. The minimum absolute atomic E-state index is 0.0799. The number of fused-ring (bicyclic) bond motifs is 1. The highest BCUT2D eigenvalue weighted by Gasteiger charge is 2.18. The van der Waals surface area contributed by atoms with Crippen molar-refractivity contribution in [2.24, 2.45) is 0 Å². The molecule has 1 N–H and O–H groups in total. The van der Waals surface area contributed by atoms with E-state index in [1.807, 2.05) is 32.0 Å². The SMILES string of the molecule is Cc1ccc(NC(=O)Cn2cccc3c(=O)n(Cc4cccnc4)c(=O)nc2-3)c(C)c1. The lowest BCUT2D eigenvalue weighted by Crippen LogP contribution is -2.38. The van der Waals surface area contributed by atoms with Gasteiger partial charge in [0.15, 0.2) is 5.82 Å². The summed E-state index contributed by atoms with van der Waals surface area (Å²) in [7, 11) is 0. The van der Waals surface area contributed by atoms with Crippen LogP contribution in [0.25, 0.3) is 11.4 Å². The van der Waals surface area contributed by atoms with Gasteiger partial charge in [-0.3, -0.25) is 19.1 Å². The number of benzene rings is 1. The largest absolute Gasteiger partial charge is 0.352 e. The maximum absolute atomic E-state index is 12.9. The Kier molecular flexibility index (Phi) is 5.44. The zero-order valence-electron chi connectivity index (χ0n) is 17.2. The molecule has 1 amide bonds. The van der Waals surface area contributed by atoms with Gasteiger partial charge in [-0.1, -0.05) is 23.8 Å². The summed E-state index contributed by atoms with van der Waals surface area (Å²) in [6.45, 7) is 3.90. The van der Waals surface area contributed by atoms with Gasteiger partial charge >= 0.3 is 5.69 Å². The van der Waals surface area contributed by atoms with Crippen LogP contribution in [0.5, 0.6) is 0 Å². The third-order valence-corrected chi connectivity index (χ3v) is 4.98. The van der Waals surface area contributed by atoms with Gasteiger partial charge in [0.2, 0.25) is 5.91 Å². The molecule has 8 nitrogen and oxygen atoms in total. The minimum atomic E-state index is -0.670. The van der Waals surface area contributed by atoms with Crippen LogP contribution in [0.15, 0.2) is 70.6 Å². The van der Waals surface area contributed by atoms with Crippen LogP contribution < -0.4 is 16.6 Å². The molecule has 0 atom stereocenters. The number of anilines is 1. The Bertz CT molecular complexity index is 1340. The van der Waals surface area contributed by atoms with E-state index in [0.717, 1.165) is 21.3 Å². The third-order valence-electron chi connectivity index (χ3n) is 4.98. The molecule has 0 fully saturated rings. The molecule has 31 heavy (non-hydrogen) atoms. The summed E-state index contributed by atoms with van der Waals surface area (Å²) in [4.78, 5) is 46.2. The lowest BCUT2D eigenvalue weighted by Gasteiger charge is -2.15. The third kappa shape index (κ3) is 4.28. The van der Waals surface area contributed by atoms with Crippen LogP contribution >= 0.6 is 0 Å². The molecule has 0 unspecified atom stereocenters. The molecule has 4 rings (SSSR count). The van der Waals surface area contributed by atoms with E-state index in [9.17, 15) is 14.4 Å². The van der Waals surface area contributed by atoms with Gasteiger partial charge in [0, 0.05) is 24.3 Å². The molecule has 0 saturated carbocycles. The van der Waals surface area contributed by atoms with E-state index in [-0.39, 0.29) is 30.4 Å². The molecule has 1 aromatic heterocycles. The van der Waals surface area contributed by atoms with Crippen molar-refractivity contribution in [2.45, 2.75) is 26.9 Å². The zero-order chi connectivity index (χ0) is 22.0. The van der Waals surface area contributed by atoms with Crippen molar-refractivity contribution in [3.05, 3.63) is 98.6 Å². The Balaban J connectivity index is 1.64. The monoisotopic (exact) mass is 415 g/mol. The summed E-state index contributed by atoms with van der Waals surface area (Å²) in [5.74, 6) is -0.103. The van der Waals surface area contributed by atoms with E-state index in [4.69, 9.17) is 0 Å². The molecule has 2 aliphatic rings. The molecule has 2 aliphatic heterocycles. The van der Waals surface area contributed by atoms with Gasteiger partial charge in [0.05, 0.1) is 12.1 Å². The van der Waals surface area contributed by atoms with Crippen LogP contribution in [0.4, 0.5) is 5.69 Å². The van der Waals surface area contributed by atoms with Crippen LogP contribution in [0.2, 0.25) is 0 Å². The van der Waals surface area contributed by atoms with Gasteiger partial charge in [-0.05, 0) is 49.2 Å². The number of hydrogen-bond acceptors (Lipinski definition) is 5. The number of rotatable bonds is 5. The van der Waals surface area contributed by atoms with Crippen LogP contribution in [0.3, 0.4) is 0 Å². The van der Waals surface area contributed by atoms with Gasteiger partial charge < -0.3 is 9.88 Å². The zero-order valence-corrected chi connectivity index (χ0v) is 17.2. The topological polar surface area (TPSA) is 98.9 Å². The van der Waals surface area contributed by atoms with Gasteiger partial charge in [0.25, 0.3) is 5.56 Å². The van der Waals surface area contributed by atoms with Crippen molar-refractivity contribution in [3.8, 4) is 11.4 Å². The van der Waals surface area contributed by atoms with Crippen LogP contribution in [-0.4, -0.2) is 25.0 Å². The van der Waals surface area contributed by atoms with Crippen molar-refractivity contribution in [1.29, 1.82) is 0 Å². The maximum Gasteiger partial charge on any atom is 0.352 e. The first-order valence-corrected chi connectivity index (χ1v) is 9.78. The Morgan fingerprint density at radius 2 is 1.94 bits per heavy atom. The standard InChI is InChI=1S/C23H21N5O3/c1-15-7-8-19(16(2)11-15)25-20(29)14-27-10-4-6-18-21(27)26-23(31)28(22(18)30)13-17-5-3-9-24-12-17/h3-12H,13-14H2,1-2H3,(H,25,29). The molecule has 8 heteroatoms. The summed E-state index contributed by atoms with van der Waals surface area (Å²) in [5.41, 5.74) is 2.64. The van der Waals surface area contributed by atoms with E-state index in [2.05, 4.69) is 15.3 Å². The predicted molar refractivity (Wildman–Crippen MR) is 117 cm³/mol. The van der Waals surface area contributed by atoms with E-state index < -0.39 is 11.2 Å². The molecule has 0 aliphatic carbocycles. The first-order chi connectivity index (χ1) is 14.9. The molecule has 1 aromatic carbocycles. The number of pyridine rings is 2. The Labute approximate surface area is 178 Å². The average Bonchev–Trinajstić information content (AvgIpc) is 2.74. The summed E-state index contributed by atoms with van der Waals surface area (Å²) >= 11 is 0. The second kappa shape index (κ2) is 8.35. The average molecular weight is 415 g/mol. The fraction of sp³-hybridized carbons (Fsp3) is 0.174. The minimum Gasteiger partial charge on any atom is -0.324 e. The molecular formula is C23H21N5O3. The molecule has 156 valence electrons. The maximum atomic E-state index is 12.9. The van der Waals surface area contributed by atoms with Gasteiger partial charge in [-0.25, -0.2) is 4.79 Å². The predicted octanol–water partition coefficient (Wildman–Crippen LogP) is 2.21. The number of carbonyl (C=O) groups excluding carboxylic acids is 1. The van der Waals surface area contributed by atoms with Crippen LogP contribution in [0.1, 0.15) is 16.7 Å². The number of hydrogen-bond donors (Lipinski definition) is 1. The molecular weight excluding hydrogens is 394 g/mol. The van der Waals surface area contributed by atoms with Gasteiger partial charge in [0.1, 0.15) is 6.54 Å². The smallest absolute Gasteiger partial charge is 0.324 e. The highest BCUT2D eigenvalue weighted by molar-refractivity contribution is 5.91. The van der Waals surface area contributed by atoms with Crippen LogP contribution in [-0.2, 0) is 17.9 Å². The van der Waals surface area contributed by atoms with Crippen molar-refractivity contribution in [2.75, 3.05) is 5.32 Å². The number of carbonyl (C=O) groups is 1. The molecule has 2 aromatic rings. The summed E-state index contributed by atoms with van der Waals surface area (Å²) in [6, 6.07) is 12.5. The Hall–Kier alpha value is -4.07. The second-order valence-corrected chi connectivity index (χ2v) is 7.39. The quantitative estimate of drug-likeness (QED) is 0.539. The number of aromatic nitrogens is 4. The van der Waals surface area contributed by atoms with E-state index in [0.29, 0.717) is 5.69 Å². The summed E-state index contributed by atoms with van der Waals surface area (Å²) in [5, 5.41) is 2.87. The lowest BCUT2D eigenvalue weighted by atomic mass is 10.1. The van der Waals surface area contributed by atoms with E-state index >= 15 is 0 Å². The van der Waals surface area contributed by atoms with Gasteiger partial charge in [-0.2, -0.15) is 4.98 Å². The molecule has 3 heterocycles. The number of nitrogens with zero attached hydrogens (tertiary/aromatic N) is 4. The molecule has 0 spiro atoms. The fourth-order valence-corrected chi connectivity index (χ4v) is 3.46. The second-order valence-electron chi connectivity index (χ2n) is 7.39. The van der Waals surface area contributed by atoms with Crippen LogP contribution in [0, 0.1) is 13.8 Å². The normalized spacial score (nSPS) is 10.9. The number of aryl methyl sites for hydroxylation is 2. The highest BCUT2D eigenvalue weighted by Crippen LogP contribution is 2.17. The first kappa shape index (κ1) is 20.2. The van der Waals surface area contributed by atoms with E-state index in [1.165, 1.54) is 4.57 Å². The number of amides is 1. The van der Waals surface area contributed by atoms with E-state index in [1.54, 1.807) is 42.9 Å². The number of nitrogens with one attached hydrogen (secondary N) is 1. The Morgan fingerprint density at radius 1 is 1.10 bits per heavy atom. The molecule has 0 radical (unpaired) electrons. The highest BCUT2D eigenvalue weighted by atomic mass is 16.2. The Morgan fingerprint density at radius 3 is 2.68 bits per heavy atom. The van der Waals surface area contributed by atoms with Gasteiger partial charge in [-0.15, -0.1) is 0 Å². The van der Waals surface area contributed by atoms with Crippen molar-refractivity contribution >= 4 is 11.6 Å². The lowest BCUT2D eigenvalue weighted by molar-refractivity contribution is -0.116. The van der Waals surface area contributed by atoms with Crippen molar-refractivity contribution in [1.82, 2.24) is 19.1 Å². The fourth-order valence-electron chi connectivity index (χ4n) is 3.46. The first-order valence-electron chi connectivity index (χ1n) is 9.78. The van der Waals surface area contributed by atoms with Crippen molar-refractivity contribution in [3.63, 3.8) is 0 Å².